The molecule has 1 aliphatic heterocycles. The second-order valence-electron chi connectivity index (χ2n) is 7.16. The van der Waals surface area contributed by atoms with Gasteiger partial charge in [0.25, 0.3) is 5.91 Å². The number of amides is 1. The van der Waals surface area contributed by atoms with Crippen molar-refractivity contribution in [2.75, 3.05) is 13.2 Å². The van der Waals surface area contributed by atoms with Gasteiger partial charge < -0.3 is 10.4 Å². The molecule has 0 unspecified atom stereocenters. The van der Waals surface area contributed by atoms with Gasteiger partial charge in [-0.1, -0.05) is 26.3 Å². The minimum Gasteiger partial charge on any atom is -0.394 e. The maximum atomic E-state index is 12.6. The van der Waals surface area contributed by atoms with Crippen LogP contribution < -0.4 is 5.32 Å². The van der Waals surface area contributed by atoms with E-state index in [-0.39, 0.29) is 18.6 Å². The van der Waals surface area contributed by atoms with Gasteiger partial charge in [-0.2, -0.15) is 0 Å². The number of fused-ring (bicyclic) bond motifs is 1. The number of thiophene rings is 1. The van der Waals surface area contributed by atoms with E-state index >= 15 is 0 Å². The largest absolute Gasteiger partial charge is 0.394 e. The highest BCUT2D eigenvalue weighted by atomic mass is 32.1. The average Bonchev–Trinajstić information content (AvgIpc) is 3.11. The Kier molecular flexibility index (Phi) is 6.99. The van der Waals surface area contributed by atoms with Crippen molar-refractivity contribution in [3.05, 3.63) is 51.0 Å². The quantitative estimate of drug-likeness (QED) is 0.730. The molecule has 1 aliphatic rings. The summed E-state index contributed by atoms with van der Waals surface area (Å²) in [6.45, 7) is 6.82. The minimum atomic E-state index is -0.157. The highest BCUT2D eigenvalue weighted by Gasteiger charge is 2.25. The van der Waals surface area contributed by atoms with E-state index in [1.807, 2.05) is 11.6 Å². The van der Waals surface area contributed by atoms with Crippen LogP contribution in [0.2, 0.25) is 0 Å². The fourth-order valence-corrected chi connectivity index (χ4v) is 4.64. The molecule has 2 aromatic rings. The molecular weight excluding hydrogens is 358 g/mol. The number of hydrogen-bond acceptors (Lipinski definition) is 5. The molecule has 6 heteroatoms. The third kappa shape index (κ3) is 4.94. The lowest BCUT2D eigenvalue weighted by atomic mass is 10.0. The SMILES string of the molecule is CCC[C@H](CO)NC(=O)c1csc2c1CCN(Cc1ccc(CC)cn1)C2. The first-order valence-electron chi connectivity index (χ1n) is 9.81. The van der Waals surface area contributed by atoms with E-state index in [9.17, 15) is 9.90 Å². The molecule has 1 atom stereocenters. The first kappa shape index (κ1) is 20.0. The van der Waals surface area contributed by atoms with Crippen molar-refractivity contribution in [1.82, 2.24) is 15.2 Å². The van der Waals surface area contributed by atoms with E-state index in [0.717, 1.165) is 56.6 Å². The highest BCUT2D eigenvalue weighted by Crippen LogP contribution is 2.29. The van der Waals surface area contributed by atoms with Crippen molar-refractivity contribution in [2.24, 2.45) is 0 Å². The lowest BCUT2D eigenvalue weighted by Gasteiger charge is -2.27. The van der Waals surface area contributed by atoms with Crippen LogP contribution >= 0.6 is 11.3 Å². The van der Waals surface area contributed by atoms with Crippen molar-refractivity contribution >= 4 is 17.2 Å². The fourth-order valence-electron chi connectivity index (χ4n) is 3.51. The van der Waals surface area contributed by atoms with Crippen molar-refractivity contribution in [3.63, 3.8) is 0 Å². The molecule has 27 heavy (non-hydrogen) atoms. The van der Waals surface area contributed by atoms with Gasteiger partial charge in [0.1, 0.15) is 0 Å². The third-order valence-electron chi connectivity index (χ3n) is 5.14. The molecule has 0 fully saturated rings. The van der Waals surface area contributed by atoms with Gasteiger partial charge in [0.2, 0.25) is 0 Å². The number of nitrogens with zero attached hydrogens (tertiary/aromatic N) is 2. The molecule has 0 spiro atoms. The Hall–Kier alpha value is -1.76. The summed E-state index contributed by atoms with van der Waals surface area (Å²) in [5.74, 6) is -0.0507. The van der Waals surface area contributed by atoms with Gasteiger partial charge in [-0.05, 0) is 36.5 Å². The summed E-state index contributed by atoms with van der Waals surface area (Å²) in [5.41, 5.74) is 4.32. The first-order chi connectivity index (χ1) is 13.1. The summed E-state index contributed by atoms with van der Waals surface area (Å²) in [5, 5.41) is 14.4. The lowest BCUT2D eigenvalue weighted by Crippen LogP contribution is -2.38. The van der Waals surface area contributed by atoms with Crippen molar-refractivity contribution < 1.29 is 9.90 Å². The zero-order valence-electron chi connectivity index (χ0n) is 16.2. The normalized spacial score (nSPS) is 15.4. The summed E-state index contributed by atoms with van der Waals surface area (Å²) >= 11 is 1.66. The number of pyridine rings is 1. The van der Waals surface area contributed by atoms with Crippen LogP contribution in [0.3, 0.4) is 0 Å². The van der Waals surface area contributed by atoms with E-state index < -0.39 is 0 Å². The monoisotopic (exact) mass is 387 g/mol. The summed E-state index contributed by atoms with van der Waals surface area (Å²) in [4.78, 5) is 20.8. The van der Waals surface area contributed by atoms with Crippen LogP contribution in [0.5, 0.6) is 0 Å². The van der Waals surface area contributed by atoms with Gasteiger partial charge in [-0.25, -0.2) is 0 Å². The molecule has 0 radical (unpaired) electrons. The molecule has 0 aromatic carbocycles. The summed E-state index contributed by atoms with van der Waals surface area (Å²) in [6.07, 6.45) is 5.59. The van der Waals surface area contributed by atoms with Crippen LogP contribution in [0.4, 0.5) is 0 Å². The van der Waals surface area contributed by atoms with Crippen molar-refractivity contribution in [2.45, 2.75) is 58.7 Å². The highest BCUT2D eigenvalue weighted by molar-refractivity contribution is 7.10. The summed E-state index contributed by atoms with van der Waals surface area (Å²) < 4.78 is 0. The average molecular weight is 388 g/mol. The molecular formula is C21H29N3O2S. The molecule has 2 N–H and O–H groups in total. The predicted molar refractivity (Wildman–Crippen MR) is 109 cm³/mol. The Balaban J connectivity index is 1.63. The van der Waals surface area contributed by atoms with Gasteiger partial charge >= 0.3 is 0 Å². The molecule has 3 rings (SSSR count). The number of nitrogens with one attached hydrogen (secondary N) is 1. The smallest absolute Gasteiger partial charge is 0.252 e. The zero-order chi connectivity index (χ0) is 19.2. The maximum absolute atomic E-state index is 12.6. The minimum absolute atomic E-state index is 0.0104. The second-order valence-corrected chi connectivity index (χ2v) is 8.13. The summed E-state index contributed by atoms with van der Waals surface area (Å²) in [7, 11) is 0. The Morgan fingerprint density at radius 3 is 2.93 bits per heavy atom. The zero-order valence-corrected chi connectivity index (χ0v) is 17.0. The van der Waals surface area contributed by atoms with Crippen LogP contribution in [0.1, 0.15) is 58.7 Å². The van der Waals surface area contributed by atoms with Crippen LogP contribution in [0, 0.1) is 0 Å². The number of aromatic nitrogens is 1. The van der Waals surface area contributed by atoms with Gasteiger partial charge in [0.05, 0.1) is 23.9 Å². The fraction of sp³-hybridized carbons (Fsp3) is 0.524. The molecule has 0 saturated heterocycles. The number of rotatable bonds is 8. The van der Waals surface area contributed by atoms with E-state index in [0.29, 0.717) is 0 Å². The topological polar surface area (TPSA) is 65.5 Å². The molecule has 5 nitrogen and oxygen atoms in total. The van der Waals surface area contributed by atoms with Gasteiger partial charge in [0.15, 0.2) is 0 Å². The first-order valence-corrected chi connectivity index (χ1v) is 10.7. The predicted octanol–water partition coefficient (Wildman–Crippen LogP) is 3.15. The van der Waals surface area contributed by atoms with Crippen LogP contribution in [0.25, 0.3) is 0 Å². The molecule has 0 saturated carbocycles. The van der Waals surface area contributed by atoms with E-state index in [1.54, 1.807) is 11.3 Å². The van der Waals surface area contributed by atoms with Crippen molar-refractivity contribution in [3.8, 4) is 0 Å². The standard InChI is InChI=1S/C21H29N3O2S/c1-3-5-17(13-25)23-21(26)19-14-27-20-12-24(9-8-18(19)20)11-16-7-6-15(4-2)10-22-16/h6-7,10,14,17,25H,3-5,8-9,11-13H2,1-2H3,(H,23,26)/t17-/m1/s1. The molecule has 3 heterocycles. The number of carbonyl (C=O) groups is 1. The van der Waals surface area contributed by atoms with E-state index in [4.69, 9.17) is 0 Å². The molecule has 0 aliphatic carbocycles. The molecule has 0 bridgehead atoms. The second kappa shape index (κ2) is 9.44. The Morgan fingerprint density at radius 1 is 1.41 bits per heavy atom. The lowest BCUT2D eigenvalue weighted by molar-refractivity contribution is 0.0911. The number of carbonyl (C=O) groups excluding carboxylic acids is 1. The van der Waals surface area contributed by atoms with Gasteiger partial charge in [-0.15, -0.1) is 11.3 Å². The summed E-state index contributed by atoms with van der Waals surface area (Å²) in [6, 6.07) is 4.11. The number of aliphatic hydroxyl groups is 1. The van der Waals surface area contributed by atoms with Gasteiger partial charge in [0, 0.05) is 36.1 Å². The van der Waals surface area contributed by atoms with E-state index in [2.05, 4.69) is 41.2 Å². The van der Waals surface area contributed by atoms with Crippen molar-refractivity contribution in [1.29, 1.82) is 0 Å². The Bertz CT molecular complexity index is 757. The molecule has 1 amide bonds. The molecule has 2 aromatic heterocycles. The van der Waals surface area contributed by atoms with E-state index in [1.165, 1.54) is 16.0 Å². The Labute approximate surface area is 165 Å². The van der Waals surface area contributed by atoms with Gasteiger partial charge in [-0.3, -0.25) is 14.7 Å². The van der Waals surface area contributed by atoms with Crippen LogP contribution in [-0.2, 0) is 25.9 Å². The number of aryl methyl sites for hydroxylation is 1. The number of hydrogen-bond donors (Lipinski definition) is 2. The molecule has 146 valence electrons. The van der Waals surface area contributed by atoms with Crippen LogP contribution in [-0.4, -0.2) is 40.1 Å². The third-order valence-corrected chi connectivity index (χ3v) is 6.16. The maximum Gasteiger partial charge on any atom is 0.252 e. The Morgan fingerprint density at radius 2 is 2.26 bits per heavy atom. The number of aliphatic hydroxyl groups excluding tert-OH is 1. The van der Waals surface area contributed by atoms with Crippen LogP contribution in [0.15, 0.2) is 23.7 Å².